The van der Waals surface area contributed by atoms with Crippen LogP contribution in [0.25, 0.3) is 0 Å². The highest BCUT2D eigenvalue weighted by Gasteiger charge is 2.73. The summed E-state index contributed by atoms with van der Waals surface area (Å²) in [6.07, 6.45) is 3.47. The number of carboxylic acids is 1. The molecule has 0 unspecified atom stereocenters. The van der Waals surface area contributed by atoms with Crippen LogP contribution in [0.4, 0.5) is 0 Å². The molecule has 4 aliphatic rings. The molecule has 1 heterocycles. The Kier molecular flexibility index (Phi) is 2.38. The number of carboxylic acid groups (broad SMARTS) is 1. The van der Waals surface area contributed by atoms with E-state index in [1.54, 1.807) is 0 Å². The lowest BCUT2D eigenvalue weighted by Gasteiger charge is -2.72. The second-order valence-corrected chi connectivity index (χ2v) is 7.97. The van der Waals surface area contributed by atoms with Gasteiger partial charge in [-0.15, -0.1) is 0 Å². The average molecular weight is 274 g/mol. The Morgan fingerprint density at radius 3 is 2.00 bits per heavy atom. The minimum Gasteiger partial charge on any atom is -0.481 e. The van der Waals surface area contributed by atoms with Gasteiger partial charge in [0.1, 0.15) is 0 Å². The smallest absolute Gasteiger partial charge is 0.309 e. The first-order chi connectivity index (χ1) is 8.28. The maximum Gasteiger partial charge on any atom is 0.309 e. The first-order valence-corrected chi connectivity index (χ1v) is 8.06. The van der Waals surface area contributed by atoms with E-state index in [-0.39, 0.29) is 5.54 Å². The lowest BCUT2D eigenvalue weighted by atomic mass is 9.38. The molecule has 4 rings (SSSR count). The lowest BCUT2D eigenvalue weighted by molar-refractivity contribution is -0.234. The van der Waals surface area contributed by atoms with E-state index in [9.17, 15) is 13.2 Å². The number of hydrogen-bond acceptors (Lipinski definition) is 4. The number of hydrogen-bond donors (Lipinski definition) is 1. The van der Waals surface area contributed by atoms with Crippen LogP contribution >= 0.6 is 0 Å². The van der Waals surface area contributed by atoms with Crippen LogP contribution in [0, 0.1) is 5.41 Å². The van der Waals surface area contributed by atoms with Gasteiger partial charge in [-0.1, -0.05) is 0 Å². The van der Waals surface area contributed by atoms with Gasteiger partial charge in [0.05, 0.1) is 11.7 Å². The van der Waals surface area contributed by atoms with Gasteiger partial charge < -0.3 is 5.11 Å². The van der Waals surface area contributed by atoms with Crippen LogP contribution in [-0.2, 0) is 14.8 Å². The summed E-state index contributed by atoms with van der Waals surface area (Å²) in [5, 5.41) is 9.09. The van der Waals surface area contributed by atoms with Gasteiger partial charge in [-0.2, -0.15) is 4.31 Å². The average Bonchev–Trinajstić information content (AvgIpc) is 2.12. The fourth-order valence-electron chi connectivity index (χ4n) is 3.79. The Bertz CT molecular complexity index is 473. The molecular formula is C11H18N2O4S. The third-order valence-electron chi connectivity index (χ3n) is 4.83. The van der Waals surface area contributed by atoms with Crippen molar-refractivity contribution in [1.82, 2.24) is 9.21 Å². The predicted molar refractivity (Wildman–Crippen MR) is 64.6 cm³/mol. The maximum atomic E-state index is 11.4. The van der Waals surface area contributed by atoms with Crippen LogP contribution < -0.4 is 0 Å². The second kappa shape index (κ2) is 3.46. The highest BCUT2D eigenvalue weighted by atomic mass is 32.2. The molecule has 0 radical (unpaired) electrons. The highest BCUT2D eigenvalue weighted by Crippen LogP contribution is 2.69. The monoisotopic (exact) mass is 274 g/mol. The quantitative estimate of drug-likeness (QED) is 0.755. The summed E-state index contributed by atoms with van der Waals surface area (Å²) in [6, 6.07) is 0. The van der Waals surface area contributed by atoms with Gasteiger partial charge in [0, 0.05) is 31.7 Å². The summed E-state index contributed by atoms with van der Waals surface area (Å²) < 4.78 is 24.3. The third-order valence-corrected chi connectivity index (χ3v) is 6.14. The molecule has 7 heteroatoms. The standard InChI is InChI=1S/C11H18N2O4S/c1-18(16,17)13-4-2-12(3-5-13)11-6-10(7-11,8-11)9(14)15/h2-8H2,1H3,(H,14,15). The molecule has 102 valence electrons. The summed E-state index contributed by atoms with van der Waals surface area (Å²) in [4.78, 5) is 13.3. The van der Waals surface area contributed by atoms with Gasteiger partial charge in [0.15, 0.2) is 0 Å². The van der Waals surface area contributed by atoms with Gasteiger partial charge in [0.25, 0.3) is 0 Å². The SMILES string of the molecule is CS(=O)(=O)N1CCN(C23CC(C(=O)O)(C2)C3)CC1. The fourth-order valence-corrected chi connectivity index (χ4v) is 4.62. The summed E-state index contributed by atoms with van der Waals surface area (Å²) in [7, 11) is -3.08. The molecular weight excluding hydrogens is 256 g/mol. The van der Waals surface area contributed by atoms with Crippen molar-refractivity contribution in [1.29, 1.82) is 0 Å². The second-order valence-electron chi connectivity index (χ2n) is 5.99. The van der Waals surface area contributed by atoms with Crippen LogP contribution in [0.5, 0.6) is 0 Å². The van der Waals surface area contributed by atoms with Crippen LogP contribution in [0.2, 0.25) is 0 Å². The molecule has 0 aromatic carbocycles. The van der Waals surface area contributed by atoms with E-state index < -0.39 is 21.4 Å². The first-order valence-electron chi connectivity index (χ1n) is 6.21. The molecule has 1 saturated heterocycles. The molecule has 0 atom stereocenters. The third kappa shape index (κ3) is 1.53. The molecule has 18 heavy (non-hydrogen) atoms. The van der Waals surface area contributed by atoms with Crippen molar-refractivity contribution in [2.45, 2.75) is 24.8 Å². The number of nitrogens with zero attached hydrogens (tertiary/aromatic N) is 2. The summed E-state index contributed by atoms with van der Waals surface area (Å²) in [5.41, 5.74) is -0.379. The van der Waals surface area contributed by atoms with Crippen LogP contribution in [-0.4, -0.2) is 66.7 Å². The number of piperazine rings is 1. The molecule has 2 bridgehead atoms. The number of carbonyl (C=O) groups is 1. The molecule has 0 aromatic heterocycles. The van der Waals surface area contributed by atoms with E-state index >= 15 is 0 Å². The van der Waals surface area contributed by atoms with E-state index in [0.29, 0.717) is 13.1 Å². The largest absolute Gasteiger partial charge is 0.481 e. The Labute approximate surface area is 107 Å². The maximum absolute atomic E-state index is 11.4. The van der Waals surface area contributed by atoms with Crippen molar-refractivity contribution >= 4 is 16.0 Å². The molecule has 0 amide bonds. The van der Waals surface area contributed by atoms with Crippen LogP contribution in [0.3, 0.4) is 0 Å². The molecule has 3 saturated carbocycles. The van der Waals surface area contributed by atoms with Crippen molar-refractivity contribution in [3.05, 3.63) is 0 Å². The zero-order chi connectivity index (χ0) is 13.2. The summed E-state index contributed by atoms with van der Waals surface area (Å²) in [5.74, 6) is -0.667. The predicted octanol–water partition coefficient (Wildman–Crippen LogP) is -0.429. The van der Waals surface area contributed by atoms with Gasteiger partial charge in [-0.3, -0.25) is 9.69 Å². The van der Waals surface area contributed by atoms with Gasteiger partial charge in [-0.25, -0.2) is 8.42 Å². The lowest BCUT2D eigenvalue weighted by Crippen LogP contribution is -2.78. The number of sulfonamides is 1. The minimum atomic E-state index is -3.08. The van der Waals surface area contributed by atoms with Crippen LogP contribution in [0.15, 0.2) is 0 Å². The highest BCUT2D eigenvalue weighted by molar-refractivity contribution is 7.88. The van der Waals surface area contributed by atoms with Crippen LogP contribution in [0.1, 0.15) is 19.3 Å². The first kappa shape index (κ1) is 12.4. The van der Waals surface area contributed by atoms with Crippen molar-refractivity contribution < 1.29 is 18.3 Å². The fraction of sp³-hybridized carbons (Fsp3) is 0.909. The van der Waals surface area contributed by atoms with Crippen molar-refractivity contribution in [3.63, 3.8) is 0 Å². The molecule has 0 spiro atoms. The Morgan fingerprint density at radius 1 is 1.11 bits per heavy atom. The number of aliphatic carboxylic acids is 1. The van der Waals surface area contributed by atoms with Crippen molar-refractivity contribution in [2.24, 2.45) is 5.41 Å². The minimum absolute atomic E-state index is 0.0714. The zero-order valence-electron chi connectivity index (χ0n) is 10.4. The van der Waals surface area contributed by atoms with Crippen molar-refractivity contribution in [2.75, 3.05) is 32.4 Å². The van der Waals surface area contributed by atoms with E-state index in [1.165, 1.54) is 10.6 Å². The molecule has 3 aliphatic carbocycles. The van der Waals surface area contributed by atoms with Gasteiger partial charge in [0.2, 0.25) is 10.0 Å². The molecule has 0 aromatic rings. The van der Waals surface area contributed by atoms with Gasteiger partial charge in [-0.05, 0) is 19.3 Å². The molecule has 1 N–H and O–H groups in total. The summed E-state index contributed by atoms with van der Waals surface area (Å²) in [6.45, 7) is 2.51. The Morgan fingerprint density at radius 2 is 1.61 bits per heavy atom. The van der Waals surface area contributed by atoms with E-state index in [4.69, 9.17) is 5.11 Å². The molecule has 4 fully saturated rings. The normalized spacial score (nSPS) is 40.9. The Balaban J connectivity index is 1.59. The summed E-state index contributed by atoms with van der Waals surface area (Å²) >= 11 is 0. The molecule has 1 aliphatic heterocycles. The molecule has 6 nitrogen and oxygen atoms in total. The van der Waals surface area contributed by atoms with Gasteiger partial charge >= 0.3 is 5.97 Å². The van der Waals surface area contributed by atoms with E-state index in [0.717, 1.165) is 32.4 Å². The zero-order valence-corrected chi connectivity index (χ0v) is 11.2. The topological polar surface area (TPSA) is 77.9 Å². The van der Waals surface area contributed by atoms with Crippen molar-refractivity contribution in [3.8, 4) is 0 Å². The van der Waals surface area contributed by atoms with E-state index in [2.05, 4.69) is 4.90 Å². The number of rotatable bonds is 3. The Hall–Kier alpha value is -0.660. The van der Waals surface area contributed by atoms with E-state index in [1.807, 2.05) is 0 Å².